The molecule has 2 aliphatic rings. The number of aromatic nitrogens is 1. The molecule has 2 atom stereocenters. The molecule has 32 heavy (non-hydrogen) atoms. The second kappa shape index (κ2) is 8.60. The van der Waals surface area contributed by atoms with E-state index < -0.39 is 6.10 Å². The first-order valence-electron chi connectivity index (χ1n) is 11.6. The molecule has 0 unspecified atom stereocenters. The van der Waals surface area contributed by atoms with E-state index in [0.29, 0.717) is 23.9 Å². The SMILES string of the molecule is CC1([C@H]2CCc3nc4ccc(C(=O)NCC[C@@H](O)c5ccc(Br)cc5)cc4cc3C2)CC1. The van der Waals surface area contributed by atoms with E-state index in [1.54, 1.807) is 0 Å². The highest BCUT2D eigenvalue weighted by Gasteiger charge is 2.45. The summed E-state index contributed by atoms with van der Waals surface area (Å²) < 4.78 is 0.978. The lowest BCUT2D eigenvalue weighted by atomic mass is 9.77. The molecule has 1 heterocycles. The molecular formula is C27H29BrN2O2. The molecule has 166 valence electrons. The smallest absolute Gasteiger partial charge is 0.251 e. The Kier molecular flexibility index (Phi) is 5.81. The van der Waals surface area contributed by atoms with Gasteiger partial charge in [-0.3, -0.25) is 9.78 Å². The molecule has 0 radical (unpaired) electrons. The minimum Gasteiger partial charge on any atom is -0.388 e. The highest BCUT2D eigenvalue weighted by Crippen LogP contribution is 2.55. The average molecular weight is 493 g/mol. The molecule has 0 saturated heterocycles. The van der Waals surface area contributed by atoms with E-state index in [1.807, 2.05) is 42.5 Å². The molecule has 5 rings (SSSR count). The minimum atomic E-state index is -0.600. The van der Waals surface area contributed by atoms with Crippen LogP contribution in [-0.4, -0.2) is 22.5 Å². The van der Waals surface area contributed by atoms with Gasteiger partial charge < -0.3 is 10.4 Å². The van der Waals surface area contributed by atoms with Crippen LogP contribution < -0.4 is 5.32 Å². The van der Waals surface area contributed by atoms with E-state index in [2.05, 4.69) is 34.2 Å². The normalized spacial score (nSPS) is 19.9. The van der Waals surface area contributed by atoms with Crippen LogP contribution in [0.3, 0.4) is 0 Å². The number of nitrogens with zero attached hydrogens (tertiary/aromatic N) is 1. The molecule has 1 fully saturated rings. The molecule has 4 nitrogen and oxygen atoms in total. The Bertz CT molecular complexity index is 1150. The molecule has 2 aromatic carbocycles. The Morgan fingerprint density at radius 2 is 2.00 bits per heavy atom. The van der Waals surface area contributed by atoms with Gasteiger partial charge in [0.1, 0.15) is 0 Å². The molecule has 3 aromatic rings. The number of hydrogen-bond donors (Lipinski definition) is 2. The van der Waals surface area contributed by atoms with Crippen molar-refractivity contribution in [3.05, 3.63) is 75.4 Å². The van der Waals surface area contributed by atoms with Crippen molar-refractivity contribution >= 4 is 32.7 Å². The third-order valence-corrected chi connectivity index (χ3v) is 7.95. The largest absolute Gasteiger partial charge is 0.388 e. The van der Waals surface area contributed by atoms with Gasteiger partial charge in [-0.2, -0.15) is 0 Å². The van der Waals surface area contributed by atoms with Crippen LogP contribution in [0.2, 0.25) is 0 Å². The first-order chi connectivity index (χ1) is 15.4. The van der Waals surface area contributed by atoms with Gasteiger partial charge in [0.15, 0.2) is 0 Å². The maximum absolute atomic E-state index is 12.7. The number of benzene rings is 2. The summed E-state index contributed by atoms with van der Waals surface area (Å²) >= 11 is 3.40. The number of carbonyl (C=O) groups is 1. The van der Waals surface area contributed by atoms with E-state index >= 15 is 0 Å². The fraction of sp³-hybridized carbons (Fsp3) is 0.407. The number of pyridine rings is 1. The van der Waals surface area contributed by atoms with Gasteiger partial charge >= 0.3 is 0 Å². The molecule has 5 heteroatoms. The fourth-order valence-corrected chi connectivity index (χ4v) is 5.21. The van der Waals surface area contributed by atoms with Gasteiger partial charge in [0.25, 0.3) is 5.91 Å². The summed E-state index contributed by atoms with van der Waals surface area (Å²) in [6.45, 7) is 2.84. The zero-order chi connectivity index (χ0) is 22.3. The molecule has 0 bridgehead atoms. The van der Waals surface area contributed by atoms with Crippen molar-refractivity contribution in [1.82, 2.24) is 10.3 Å². The summed E-state index contributed by atoms with van der Waals surface area (Å²) in [6, 6.07) is 15.6. The molecule has 1 aromatic heterocycles. The van der Waals surface area contributed by atoms with Crippen LogP contribution in [0.5, 0.6) is 0 Å². The molecular weight excluding hydrogens is 464 g/mol. The van der Waals surface area contributed by atoms with E-state index in [-0.39, 0.29) is 5.91 Å². The van der Waals surface area contributed by atoms with Gasteiger partial charge in [-0.25, -0.2) is 0 Å². The second-order valence-corrected chi connectivity index (χ2v) is 10.6. The van der Waals surface area contributed by atoms with E-state index in [9.17, 15) is 9.90 Å². The minimum absolute atomic E-state index is 0.115. The predicted molar refractivity (Wildman–Crippen MR) is 131 cm³/mol. The third kappa shape index (κ3) is 4.46. The number of aryl methyl sites for hydroxylation is 1. The number of nitrogens with one attached hydrogen (secondary N) is 1. The average Bonchev–Trinajstić information content (AvgIpc) is 3.55. The molecule has 2 N–H and O–H groups in total. The molecule has 1 amide bonds. The van der Waals surface area contributed by atoms with Crippen molar-refractivity contribution in [1.29, 1.82) is 0 Å². The summed E-state index contributed by atoms with van der Waals surface area (Å²) in [7, 11) is 0. The van der Waals surface area contributed by atoms with Gasteiger partial charge in [-0.15, -0.1) is 0 Å². The van der Waals surface area contributed by atoms with E-state index in [1.165, 1.54) is 30.5 Å². The standard InChI is InChI=1S/C27H29BrN2O2/c1-27(11-12-27)21-5-9-24-20(16-21)15-19-14-18(4-8-23(19)30-24)26(32)29-13-10-25(31)17-2-6-22(28)7-3-17/h2-4,6-8,14-15,21,25,31H,5,9-13,16H2,1H3,(H,29,32)/t21-,25+/m0/s1. The van der Waals surface area contributed by atoms with Gasteiger partial charge in [0.05, 0.1) is 11.6 Å². The third-order valence-electron chi connectivity index (χ3n) is 7.42. The lowest BCUT2D eigenvalue weighted by Gasteiger charge is -2.29. The molecule has 2 aliphatic carbocycles. The van der Waals surface area contributed by atoms with Crippen LogP contribution in [0.15, 0.2) is 53.0 Å². The number of fused-ring (bicyclic) bond motifs is 2. The van der Waals surface area contributed by atoms with E-state index in [0.717, 1.165) is 39.7 Å². The number of hydrogen-bond acceptors (Lipinski definition) is 3. The highest BCUT2D eigenvalue weighted by molar-refractivity contribution is 9.10. The monoisotopic (exact) mass is 492 g/mol. The summed E-state index contributed by atoms with van der Waals surface area (Å²) in [6.07, 6.45) is 6.00. The molecule has 1 saturated carbocycles. The van der Waals surface area contributed by atoms with Crippen LogP contribution in [0.25, 0.3) is 10.9 Å². The van der Waals surface area contributed by atoms with Crippen molar-refractivity contribution in [2.75, 3.05) is 6.54 Å². The van der Waals surface area contributed by atoms with Crippen molar-refractivity contribution in [2.45, 2.75) is 51.6 Å². The maximum atomic E-state index is 12.7. The van der Waals surface area contributed by atoms with Gasteiger partial charge in [0, 0.05) is 27.7 Å². The van der Waals surface area contributed by atoms with Crippen molar-refractivity contribution in [2.24, 2.45) is 11.3 Å². The van der Waals surface area contributed by atoms with Gasteiger partial charge in [0.2, 0.25) is 0 Å². The summed E-state index contributed by atoms with van der Waals surface area (Å²) in [5, 5.41) is 14.3. The fourth-order valence-electron chi connectivity index (χ4n) is 4.95. The van der Waals surface area contributed by atoms with Gasteiger partial charge in [-0.1, -0.05) is 35.0 Å². The van der Waals surface area contributed by atoms with Crippen molar-refractivity contribution < 1.29 is 9.90 Å². The number of amides is 1. The summed E-state index contributed by atoms with van der Waals surface area (Å²) in [4.78, 5) is 17.6. The van der Waals surface area contributed by atoms with Crippen molar-refractivity contribution in [3.8, 4) is 0 Å². The Hall–Kier alpha value is -2.24. The van der Waals surface area contributed by atoms with Crippen LogP contribution in [0, 0.1) is 11.3 Å². The number of carbonyl (C=O) groups excluding carboxylic acids is 1. The first kappa shape index (κ1) is 21.6. The van der Waals surface area contributed by atoms with Crippen LogP contribution in [-0.2, 0) is 12.8 Å². The first-order valence-corrected chi connectivity index (χ1v) is 12.3. The van der Waals surface area contributed by atoms with Crippen LogP contribution in [0.4, 0.5) is 0 Å². The number of aliphatic hydroxyl groups excluding tert-OH is 1. The number of aliphatic hydroxyl groups is 1. The number of rotatable bonds is 6. The highest BCUT2D eigenvalue weighted by atomic mass is 79.9. The summed E-state index contributed by atoms with van der Waals surface area (Å²) in [5.74, 6) is 0.647. The lowest BCUT2D eigenvalue weighted by molar-refractivity contribution is 0.0943. The zero-order valence-electron chi connectivity index (χ0n) is 18.4. The Balaban J connectivity index is 1.25. The van der Waals surface area contributed by atoms with Gasteiger partial charge in [-0.05, 0) is 97.4 Å². The van der Waals surface area contributed by atoms with Crippen molar-refractivity contribution in [3.63, 3.8) is 0 Å². The van der Waals surface area contributed by atoms with Crippen LogP contribution in [0.1, 0.15) is 65.9 Å². The van der Waals surface area contributed by atoms with Crippen LogP contribution >= 0.6 is 15.9 Å². The zero-order valence-corrected chi connectivity index (χ0v) is 20.0. The Morgan fingerprint density at radius 3 is 2.75 bits per heavy atom. The summed E-state index contributed by atoms with van der Waals surface area (Å²) in [5.41, 5.74) is 5.58. The van der Waals surface area contributed by atoms with E-state index in [4.69, 9.17) is 4.98 Å². The quantitative estimate of drug-likeness (QED) is 0.459. The number of halogens is 1. The molecule has 0 spiro atoms. The maximum Gasteiger partial charge on any atom is 0.251 e. The lowest BCUT2D eigenvalue weighted by Crippen LogP contribution is -2.25. The predicted octanol–water partition coefficient (Wildman–Crippen LogP) is 5.76. The topological polar surface area (TPSA) is 62.2 Å². The second-order valence-electron chi connectivity index (χ2n) is 9.71. The molecule has 0 aliphatic heterocycles. The Morgan fingerprint density at radius 1 is 1.22 bits per heavy atom. The Labute approximate surface area is 197 Å².